The van der Waals surface area contributed by atoms with E-state index in [1.165, 1.54) is 11.0 Å². The molecule has 1 unspecified atom stereocenters. The third-order valence-electron chi connectivity index (χ3n) is 5.63. The molecule has 1 aliphatic rings. The molecule has 1 aromatic heterocycles. The Labute approximate surface area is 176 Å². The van der Waals surface area contributed by atoms with Gasteiger partial charge >= 0.3 is 6.18 Å². The smallest absolute Gasteiger partial charge is 0.325 e. The Morgan fingerprint density at radius 1 is 1.19 bits per heavy atom. The van der Waals surface area contributed by atoms with Crippen molar-refractivity contribution >= 4 is 11.6 Å². The molecule has 0 saturated carbocycles. The standard InChI is InChI=1S/C21H21F3N6O/c1-15-11-17(7-8-18(15)30-14-25-27-28-30)26-19(31)20(21(22,23)24)9-10-29(13-20)12-16-5-3-2-4-6-16/h2-8,11,14H,9-10,12-13H2,1H3,(H,26,31). The summed E-state index contributed by atoms with van der Waals surface area (Å²) in [5, 5.41) is 13.4. The summed E-state index contributed by atoms with van der Waals surface area (Å²) < 4.78 is 43.7. The number of aryl methyl sites for hydroxylation is 1. The number of nitrogens with one attached hydrogen (secondary N) is 1. The van der Waals surface area contributed by atoms with Crippen molar-refractivity contribution in [2.75, 3.05) is 18.4 Å². The van der Waals surface area contributed by atoms with E-state index in [4.69, 9.17) is 0 Å². The van der Waals surface area contributed by atoms with Crippen LogP contribution < -0.4 is 5.32 Å². The van der Waals surface area contributed by atoms with E-state index in [-0.39, 0.29) is 19.5 Å². The Balaban J connectivity index is 1.52. The van der Waals surface area contributed by atoms with Gasteiger partial charge < -0.3 is 5.32 Å². The van der Waals surface area contributed by atoms with Gasteiger partial charge in [-0.2, -0.15) is 13.2 Å². The lowest BCUT2D eigenvalue weighted by Gasteiger charge is -2.30. The average Bonchev–Trinajstić information content (AvgIpc) is 3.39. The molecule has 1 atom stereocenters. The maximum atomic E-state index is 14.1. The molecule has 0 bridgehead atoms. The maximum absolute atomic E-state index is 14.1. The molecular weight excluding hydrogens is 409 g/mol. The van der Waals surface area contributed by atoms with E-state index >= 15 is 0 Å². The minimum absolute atomic E-state index is 0.194. The van der Waals surface area contributed by atoms with Crippen molar-refractivity contribution < 1.29 is 18.0 Å². The summed E-state index contributed by atoms with van der Waals surface area (Å²) in [4.78, 5) is 14.6. The van der Waals surface area contributed by atoms with E-state index in [1.807, 2.05) is 30.3 Å². The first-order chi connectivity index (χ1) is 14.8. The summed E-state index contributed by atoms with van der Waals surface area (Å²) in [6.45, 7) is 1.95. The fourth-order valence-electron chi connectivity index (χ4n) is 3.92. The van der Waals surface area contributed by atoms with Gasteiger partial charge in [0.1, 0.15) is 6.33 Å². The van der Waals surface area contributed by atoms with Crippen molar-refractivity contribution in [2.45, 2.75) is 26.1 Å². The SMILES string of the molecule is Cc1cc(NC(=O)C2(C(F)(F)F)CCN(Cc3ccccc3)C2)ccc1-n1cnnn1. The second-order valence-electron chi connectivity index (χ2n) is 7.74. The number of nitrogens with zero attached hydrogens (tertiary/aromatic N) is 5. The molecule has 10 heteroatoms. The Morgan fingerprint density at radius 3 is 2.61 bits per heavy atom. The first-order valence-corrected chi connectivity index (χ1v) is 9.77. The number of benzene rings is 2. The first kappa shape index (κ1) is 21.0. The molecule has 7 nitrogen and oxygen atoms in total. The summed E-state index contributed by atoms with van der Waals surface area (Å²) >= 11 is 0. The molecule has 2 aromatic carbocycles. The van der Waals surface area contributed by atoms with Crippen LogP contribution in [0, 0.1) is 12.3 Å². The summed E-state index contributed by atoms with van der Waals surface area (Å²) in [7, 11) is 0. The molecule has 1 aliphatic heterocycles. The lowest BCUT2D eigenvalue weighted by Crippen LogP contribution is -2.49. The minimum Gasteiger partial charge on any atom is -0.325 e. The number of anilines is 1. The number of amides is 1. The van der Waals surface area contributed by atoms with Crippen molar-refractivity contribution in [1.82, 2.24) is 25.1 Å². The number of likely N-dealkylation sites (tertiary alicyclic amines) is 1. The van der Waals surface area contributed by atoms with E-state index in [0.717, 1.165) is 5.56 Å². The number of tetrazole rings is 1. The number of rotatable bonds is 5. The van der Waals surface area contributed by atoms with Crippen LogP contribution in [0.3, 0.4) is 0 Å². The topological polar surface area (TPSA) is 75.9 Å². The zero-order chi connectivity index (χ0) is 22.1. The fraction of sp³-hybridized carbons (Fsp3) is 0.333. The van der Waals surface area contributed by atoms with Gasteiger partial charge in [-0.1, -0.05) is 30.3 Å². The normalized spacial score (nSPS) is 19.5. The lowest BCUT2D eigenvalue weighted by molar-refractivity contribution is -0.215. The second-order valence-corrected chi connectivity index (χ2v) is 7.74. The van der Waals surface area contributed by atoms with E-state index in [0.29, 0.717) is 23.5 Å². The molecule has 0 radical (unpaired) electrons. The van der Waals surface area contributed by atoms with E-state index in [9.17, 15) is 18.0 Å². The number of hydrogen-bond acceptors (Lipinski definition) is 5. The van der Waals surface area contributed by atoms with Crippen LogP contribution in [0.15, 0.2) is 54.9 Å². The Kier molecular flexibility index (Phi) is 5.48. The number of aromatic nitrogens is 4. The highest BCUT2D eigenvalue weighted by Crippen LogP contribution is 2.46. The van der Waals surface area contributed by atoms with Crippen molar-refractivity contribution in [2.24, 2.45) is 5.41 Å². The Hall–Kier alpha value is -3.27. The molecule has 0 spiro atoms. The average molecular weight is 430 g/mol. The molecule has 1 saturated heterocycles. The molecule has 1 N–H and O–H groups in total. The molecule has 0 aliphatic carbocycles. The van der Waals surface area contributed by atoms with E-state index in [1.54, 1.807) is 30.0 Å². The third kappa shape index (κ3) is 4.15. The highest BCUT2D eigenvalue weighted by atomic mass is 19.4. The number of carbonyl (C=O) groups excluding carboxylic acids is 1. The van der Waals surface area contributed by atoms with Crippen LogP contribution >= 0.6 is 0 Å². The zero-order valence-corrected chi connectivity index (χ0v) is 16.8. The highest BCUT2D eigenvalue weighted by Gasteiger charge is 2.62. The quantitative estimate of drug-likeness (QED) is 0.672. The van der Waals surface area contributed by atoms with Crippen molar-refractivity contribution in [3.63, 3.8) is 0 Å². The van der Waals surface area contributed by atoms with Gasteiger partial charge in [0.2, 0.25) is 5.91 Å². The largest absolute Gasteiger partial charge is 0.404 e. The summed E-state index contributed by atoms with van der Waals surface area (Å²) in [6, 6.07) is 14.1. The fourth-order valence-corrected chi connectivity index (χ4v) is 3.92. The van der Waals surface area contributed by atoms with Gasteiger partial charge in [-0.05, 0) is 59.6 Å². The summed E-state index contributed by atoms with van der Waals surface area (Å²) in [5.74, 6) is -1.04. The monoisotopic (exact) mass is 430 g/mol. The van der Waals surface area contributed by atoms with Crippen LogP contribution in [0.4, 0.5) is 18.9 Å². The van der Waals surface area contributed by atoms with Gasteiger partial charge in [0.05, 0.1) is 5.69 Å². The summed E-state index contributed by atoms with van der Waals surface area (Å²) in [6.07, 6.45) is -3.53. The highest BCUT2D eigenvalue weighted by molar-refractivity contribution is 5.96. The summed E-state index contributed by atoms with van der Waals surface area (Å²) in [5.41, 5.74) is 0.135. The lowest BCUT2D eigenvalue weighted by atomic mass is 9.85. The number of hydrogen-bond donors (Lipinski definition) is 1. The molecule has 3 aromatic rings. The Bertz CT molecular complexity index is 1050. The van der Waals surface area contributed by atoms with Gasteiger partial charge in [-0.25, -0.2) is 4.68 Å². The van der Waals surface area contributed by atoms with Gasteiger partial charge in [0.25, 0.3) is 0 Å². The van der Waals surface area contributed by atoms with Crippen molar-refractivity contribution in [1.29, 1.82) is 0 Å². The van der Waals surface area contributed by atoms with Crippen LogP contribution in [-0.4, -0.2) is 50.3 Å². The van der Waals surface area contributed by atoms with Gasteiger partial charge in [-0.15, -0.1) is 5.10 Å². The molecule has 1 fully saturated rings. The third-order valence-corrected chi connectivity index (χ3v) is 5.63. The second kappa shape index (κ2) is 8.10. The van der Waals surface area contributed by atoms with Crippen LogP contribution in [-0.2, 0) is 11.3 Å². The molecule has 162 valence electrons. The molecular formula is C21H21F3N6O. The molecule has 2 heterocycles. The molecule has 4 rings (SSSR count). The number of carbonyl (C=O) groups is 1. The van der Waals surface area contributed by atoms with E-state index < -0.39 is 17.5 Å². The van der Waals surface area contributed by atoms with Crippen LogP contribution in [0.2, 0.25) is 0 Å². The van der Waals surface area contributed by atoms with Crippen LogP contribution in [0.1, 0.15) is 17.5 Å². The van der Waals surface area contributed by atoms with Crippen molar-refractivity contribution in [3.05, 3.63) is 66.0 Å². The van der Waals surface area contributed by atoms with Gasteiger partial charge in [0, 0.05) is 18.8 Å². The zero-order valence-electron chi connectivity index (χ0n) is 16.8. The van der Waals surface area contributed by atoms with Gasteiger partial charge in [0.15, 0.2) is 5.41 Å². The molecule has 1 amide bonds. The Morgan fingerprint density at radius 2 is 1.97 bits per heavy atom. The minimum atomic E-state index is -4.66. The molecule has 31 heavy (non-hydrogen) atoms. The number of alkyl halides is 3. The predicted octanol–water partition coefficient (Wildman–Crippen LogP) is 3.36. The van der Waals surface area contributed by atoms with Crippen molar-refractivity contribution in [3.8, 4) is 5.69 Å². The van der Waals surface area contributed by atoms with E-state index in [2.05, 4.69) is 20.8 Å². The van der Waals surface area contributed by atoms with Crippen LogP contribution in [0.5, 0.6) is 0 Å². The predicted molar refractivity (Wildman–Crippen MR) is 107 cm³/mol. The first-order valence-electron chi connectivity index (χ1n) is 9.77. The van der Waals surface area contributed by atoms with Crippen LogP contribution in [0.25, 0.3) is 5.69 Å². The maximum Gasteiger partial charge on any atom is 0.404 e. The number of halogens is 3. The van der Waals surface area contributed by atoms with Gasteiger partial charge in [-0.3, -0.25) is 9.69 Å².